The molecule has 3 aromatic rings. The molecular weight excluding hydrogens is 336 g/mol. The third kappa shape index (κ3) is 4.06. The lowest BCUT2D eigenvalue weighted by atomic mass is 10.1. The number of nitrogens with one attached hydrogen (secondary N) is 1. The lowest BCUT2D eigenvalue weighted by Gasteiger charge is -2.11. The number of rotatable bonds is 5. The van der Waals surface area contributed by atoms with Crippen LogP contribution in [-0.2, 0) is 0 Å². The number of para-hydroxylation sites is 1. The molecule has 0 radical (unpaired) electrons. The fourth-order valence-electron chi connectivity index (χ4n) is 2.93. The fraction of sp³-hybridized carbons (Fsp3) is 0.0870. The van der Waals surface area contributed by atoms with Crippen molar-refractivity contribution in [2.75, 3.05) is 11.1 Å². The molecule has 0 aromatic heterocycles. The molecule has 3 aromatic carbocycles. The van der Waals surface area contributed by atoms with Crippen molar-refractivity contribution in [3.8, 4) is 0 Å². The lowest BCUT2D eigenvalue weighted by molar-refractivity contribution is 0.850. The van der Waals surface area contributed by atoms with Gasteiger partial charge in [0.15, 0.2) is 0 Å². The van der Waals surface area contributed by atoms with E-state index in [0.717, 1.165) is 27.7 Å². The zero-order valence-corrected chi connectivity index (χ0v) is 15.2. The van der Waals surface area contributed by atoms with Gasteiger partial charge >= 0.3 is 0 Å². The topological polar surface area (TPSA) is 24.4 Å². The van der Waals surface area contributed by atoms with Gasteiger partial charge in [-0.2, -0.15) is 0 Å². The van der Waals surface area contributed by atoms with E-state index in [1.54, 1.807) is 0 Å². The summed E-state index contributed by atoms with van der Waals surface area (Å²) in [7, 11) is 0. The van der Waals surface area contributed by atoms with Crippen molar-refractivity contribution in [3.05, 3.63) is 108 Å². The molecule has 0 bridgehead atoms. The molecule has 128 valence electrons. The van der Waals surface area contributed by atoms with Crippen LogP contribution in [0.3, 0.4) is 0 Å². The van der Waals surface area contributed by atoms with Crippen molar-refractivity contribution in [1.82, 2.24) is 0 Å². The Balaban J connectivity index is 1.63. The summed E-state index contributed by atoms with van der Waals surface area (Å²) in [5.41, 5.74) is 4.58. The number of nitrogens with zero attached hydrogens (tertiary/aromatic N) is 1. The van der Waals surface area contributed by atoms with Crippen LogP contribution in [-0.4, -0.2) is 10.8 Å². The Hall–Kier alpha value is -2.78. The molecule has 0 saturated carbocycles. The van der Waals surface area contributed by atoms with E-state index < -0.39 is 0 Å². The number of hydrogen-bond donors (Lipinski definition) is 1. The van der Waals surface area contributed by atoms with E-state index in [-0.39, 0.29) is 6.04 Å². The van der Waals surface area contributed by atoms with Crippen molar-refractivity contribution in [3.63, 3.8) is 0 Å². The summed E-state index contributed by atoms with van der Waals surface area (Å²) in [6.07, 6.45) is 2.16. The van der Waals surface area contributed by atoms with Gasteiger partial charge in [0.05, 0.1) is 11.1 Å². The number of aliphatic imine (C=N–C) groups is 1. The average molecular weight is 356 g/mol. The highest BCUT2D eigenvalue weighted by Crippen LogP contribution is 2.32. The van der Waals surface area contributed by atoms with Crippen molar-refractivity contribution >= 4 is 28.2 Å². The van der Waals surface area contributed by atoms with Crippen LogP contribution >= 0.6 is 11.8 Å². The molecule has 0 spiro atoms. The SMILES string of the molecule is C(=C(Nc1ccccc1)c1ccccc1)C1=NC(c2ccccc2)CS1. The first-order chi connectivity index (χ1) is 12.9. The Morgan fingerprint density at radius 2 is 1.46 bits per heavy atom. The summed E-state index contributed by atoms with van der Waals surface area (Å²) in [5, 5.41) is 4.61. The van der Waals surface area contributed by atoms with Crippen molar-refractivity contribution < 1.29 is 0 Å². The maximum absolute atomic E-state index is 4.93. The molecule has 3 heteroatoms. The average Bonchev–Trinajstić information content (AvgIpc) is 3.18. The van der Waals surface area contributed by atoms with Gasteiger partial charge in [0, 0.05) is 17.1 Å². The molecule has 2 nitrogen and oxygen atoms in total. The molecular formula is C23H20N2S. The number of anilines is 1. The third-order valence-electron chi connectivity index (χ3n) is 4.26. The molecule has 26 heavy (non-hydrogen) atoms. The lowest BCUT2D eigenvalue weighted by Crippen LogP contribution is -2.00. The van der Waals surface area contributed by atoms with Gasteiger partial charge < -0.3 is 5.32 Å². The van der Waals surface area contributed by atoms with Gasteiger partial charge in [0.1, 0.15) is 0 Å². The normalized spacial score (nSPS) is 17.0. The van der Waals surface area contributed by atoms with Crippen LogP contribution in [0.25, 0.3) is 5.70 Å². The van der Waals surface area contributed by atoms with Crippen LogP contribution in [0.2, 0.25) is 0 Å². The first kappa shape index (κ1) is 16.7. The maximum Gasteiger partial charge on any atom is 0.0934 e. The summed E-state index contributed by atoms with van der Waals surface area (Å²) >= 11 is 1.81. The van der Waals surface area contributed by atoms with E-state index in [4.69, 9.17) is 4.99 Å². The Labute approximate surface area is 158 Å². The van der Waals surface area contributed by atoms with Crippen LogP contribution in [0.4, 0.5) is 5.69 Å². The molecule has 1 aliphatic rings. The molecule has 1 unspecified atom stereocenters. The second-order valence-corrected chi connectivity index (χ2v) is 7.16. The van der Waals surface area contributed by atoms with Crippen molar-refractivity contribution in [2.24, 2.45) is 4.99 Å². The van der Waals surface area contributed by atoms with Crippen LogP contribution in [0.5, 0.6) is 0 Å². The molecule has 1 atom stereocenters. The number of thioether (sulfide) groups is 1. The Morgan fingerprint density at radius 3 is 2.15 bits per heavy atom. The zero-order valence-electron chi connectivity index (χ0n) is 14.4. The first-order valence-electron chi connectivity index (χ1n) is 8.73. The van der Waals surface area contributed by atoms with E-state index in [2.05, 4.69) is 72.1 Å². The molecule has 0 fully saturated rings. The molecule has 0 saturated heterocycles. The summed E-state index contributed by atoms with van der Waals surface area (Å²) in [5.74, 6) is 0.989. The van der Waals surface area contributed by atoms with Crippen LogP contribution in [0.1, 0.15) is 17.2 Å². The van der Waals surface area contributed by atoms with E-state index >= 15 is 0 Å². The summed E-state index contributed by atoms with van der Waals surface area (Å²) < 4.78 is 0. The van der Waals surface area contributed by atoms with Crippen molar-refractivity contribution in [1.29, 1.82) is 0 Å². The summed E-state index contributed by atoms with van der Waals surface area (Å²) in [6, 6.07) is 31.4. The first-order valence-corrected chi connectivity index (χ1v) is 9.72. The van der Waals surface area contributed by atoms with Gasteiger partial charge in [-0.3, -0.25) is 4.99 Å². The highest BCUT2D eigenvalue weighted by molar-refractivity contribution is 8.14. The van der Waals surface area contributed by atoms with Gasteiger partial charge in [-0.25, -0.2) is 0 Å². The standard InChI is InChI=1S/C23H20N2S/c1-4-10-18(11-5-1)21(24-20-14-8-3-9-15-20)16-23-25-22(17-26-23)19-12-6-2-7-13-19/h1-16,22,24H,17H2. The summed E-state index contributed by atoms with van der Waals surface area (Å²) in [4.78, 5) is 4.93. The minimum atomic E-state index is 0.237. The van der Waals surface area contributed by atoms with Crippen LogP contribution < -0.4 is 5.32 Å². The Morgan fingerprint density at radius 1 is 0.846 bits per heavy atom. The third-order valence-corrected chi connectivity index (χ3v) is 5.26. The Bertz CT molecular complexity index is 903. The van der Waals surface area contributed by atoms with E-state index in [0.29, 0.717) is 0 Å². The zero-order chi connectivity index (χ0) is 17.6. The highest BCUT2D eigenvalue weighted by Gasteiger charge is 2.19. The Kier molecular flexibility index (Phi) is 5.17. The van der Waals surface area contributed by atoms with Gasteiger partial charge in [0.25, 0.3) is 0 Å². The van der Waals surface area contributed by atoms with Crippen molar-refractivity contribution in [2.45, 2.75) is 6.04 Å². The van der Waals surface area contributed by atoms with Gasteiger partial charge in [-0.15, -0.1) is 11.8 Å². The van der Waals surface area contributed by atoms with Gasteiger partial charge in [-0.05, 0) is 29.3 Å². The monoisotopic (exact) mass is 356 g/mol. The highest BCUT2D eigenvalue weighted by atomic mass is 32.2. The fourth-order valence-corrected chi connectivity index (χ4v) is 3.93. The largest absolute Gasteiger partial charge is 0.355 e. The predicted molar refractivity (Wildman–Crippen MR) is 114 cm³/mol. The molecule has 4 rings (SSSR count). The molecule has 1 aliphatic heterocycles. The maximum atomic E-state index is 4.93. The second-order valence-electron chi connectivity index (χ2n) is 6.12. The van der Waals surface area contributed by atoms with Crippen LogP contribution in [0, 0.1) is 0 Å². The molecule has 0 amide bonds. The number of benzene rings is 3. The summed E-state index contributed by atoms with van der Waals surface area (Å²) in [6.45, 7) is 0. The van der Waals surface area contributed by atoms with E-state index in [1.807, 2.05) is 42.1 Å². The quantitative estimate of drug-likeness (QED) is 0.604. The number of hydrogen-bond acceptors (Lipinski definition) is 3. The van der Waals surface area contributed by atoms with Gasteiger partial charge in [0.2, 0.25) is 0 Å². The van der Waals surface area contributed by atoms with Gasteiger partial charge in [-0.1, -0.05) is 78.9 Å². The molecule has 0 aliphatic carbocycles. The van der Waals surface area contributed by atoms with E-state index in [9.17, 15) is 0 Å². The van der Waals surface area contributed by atoms with E-state index in [1.165, 1.54) is 5.56 Å². The smallest absolute Gasteiger partial charge is 0.0934 e. The van der Waals surface area contributed by atoms with Crippen LogP contribution in [0.15, 0.2) is 102 Å². The molecule has 1 N–H and O–H groups in total. The molecule has 1 heterocycles. The predicted octanol–water partition coefficient (Wildman–Crippen LogP) is 6.03. The second kappa shape index (κ2) is 8.07. The minimum absolute atomic E-state index is 0.237. The minimum Gasteiger partial charge on any atom is -0.355 e.